The molecule has 1 aliphatic carbocycles. The zero-order valence-corrected chi connectivity index (χ0v) is 11.8. The van der Waals surface area contributed by atoms with Crippen molar-refractivity contribution in [1.29, 1.82) is 0 Å². The number of sulfonamides is 1. The predicted molar refractivity (Wildman–Crippen MR) is 71.6 cm³/mol. The van der Waals surface area contributed by atoms with E-state index in [9.17, 15) is 23.6 Å². The average Bonchev–Trinajstić information content (AvgIpc) is 2.36. The van der Waals surface area contributed by atoms with Crippen molar-refractivity contribution in [3.8, 4) is 0 Å². The summed E-state index contributed by atoms with van der Waals surface area (Å²) < 4.78 is 25.8. The number of nitrogens with zero attached hydrogens (tertiary/aromatic N) is 2. The Kier molecular flexibility index (Phi) is 4.07. The molecule has 0 atom stereocenters. The van der Waals surface area contributed by atoms with E-state index in [1.54, 1.807) is 0 Å². The molecule has 8 heteroatoms. The normalized spacial score (nSPS) is 22.6. The zero-order chi connectivity index (χ0) is 14.9. The average molecular weight is 300 g/mol. The van der Waals surface area contributed by atoms with Crippen LogP contribution in [0.25, 0.3) is 0 Å². The second kappa shape index (κ2) is 5.47. The summed E-state index contributed by atoms with van der Waals surface area (Å²) in [7, 11) is -2.29. The Morgan fingerprint density at radius 3 is 2.65 bits per heavy atom. The minimum atomic E-state index is -3.74. The van der Waals surface area contributed by atoms with E-state index in [0.29, 0.717) is 19.4 Å². The molecule has 20 heavy (non-hydrogen) atoms. The quantitative estimate of drug-likeness (QED) is 0.645. The second-order valence-corrected chi connectivity index (χ2v) is 7.08. The summed E-state index contributed by atoms with van der Waals surface area (Å²) in [5.41, 5.74) is -0.251. The Labute approximate surface area is 117 Å². The summed E-state index contributed by atoms with van der Waals surface area (Å²) >= 11 is 0. The van der Waals surface area contributed by atoms with Crippen LogP contribution < -0.4 is 0 Å². The van der Waals surface area contributed by atoms with E-state index >= 15 is 0 Å². The highest BCUT2D eigenvalue weighted by atomic mass is 32.2. The highest BCUT2D eigenvalue weighted by Gasteiger charge is 2.32. The lowest BCUT2D eigenvalue weighted by molar-refractivity contribution is -0.385. The van der Waals surface area contributed by atoms with Gasteiger partial charge in [-0.25, -0.2) is 12.7 Å². The van der Waals surface area contributed by atoms with Gasteiger partial charge in [-0.3, -0.25) is 10.1 Å². The number of hydrogen-bond acceptors (Lipinski definition) is 5. The van der Waals surface area contributed by atoms with Crippen molar-refractivity contribution in [2.75, 3.05) is 13.6 Å². The van der Waals surface area contributed by atoms with Crippen LogP contribution in [0.5, 0.6) is 0 Å². The third-order valence-corrected chi connectivity index (χ3v) is 5.28. The Hall–Kier alpha value is -1.51. The minimum Gasteiger partial charge on any atom is -0.393 e. The molecule has 1 N–H and O–H groups in total. The van der Waals surface area contributed by atoms with Gasteiger partial charge in [-0.05, 0) is 24.8 Å². The van der Waals surface area contributed by atoms with E-state index in [1.165, 1.54) is 29.6 Å². The maximum Gasteiger partial charge on any atom is 0.270 e. The molecule has 1 aromatic carbocycles. The summed E-state index contributed by atoms with van der Waals surface area (Å²) in [6.45, 7) is 0.308. The van der Waals surface area contributed by atoms with Crippen LogP contribution in [0.3, 0.4) is 0 Å². The van der Waals surface area contributed by atoms with Crippen molar-refractivity contribution in [3.63, 3.8) is 0 Å². The summed E-state index contributed by atoms with van der Waals surface area (Å²) in [6.07, 6.45) is 0.845. The summed E-state index contributed by atoms with van der Waals surface area (Å²) in [4.78, 5) is 9.98. The van der Waals surface area contributed by atoms with E-state index in [1.807, 2.05) is 0 Å². The van der Waals surface area contributed by atoms with Crippen LogP contribution in [-0.2, 0) is 10.0 Å². The van der Waals surface area contributed by atoms with Crippen LogP contribution in [0.4, 0.5) is 5.69 Å². The third-order valence-electron chi connectivity index (χ3n) is 3.46. The first-order valence-corrected chi connectivity index (χ1v) is 7.63. The maximum atomic E-state index is 12.3. The van der Waals surface area contributed by atoms with Gasteiger partial charge in [-0.2, -0.15) is 0 Å². The van der Waals surface area contributed by atoms with Crippen LogP contribution >= 0.6 is 0 Å². The molecule has 2 rings (SSSR count). The first-order valence-electron chi connectivity index (χ1n) is 6.19. The molecule has 0 heterocycles. The SMILES string of the molecule is CN(CC1CC(O)C1)S(=O)(=O)c1cccc([N+](=O)[O-])c1. The van der Waals surface area contributed by atoms with E-state index in [-0.39, 0.29) is 22.6 Å². The first-order chi connectivity index (χ1) is 9.30. The number of non-ortho nitro benzene ring substituents is 1. The van der Waals surface area contributed by atoms with Crippen molar-refractivity contribution in [2.45, 2.75) is 23.8 Å². The van der Waals surface area contributed by atoms with Crippen molar-refractivity contribution in [2.24, 2.45) is 5.92 Å². The summed E-state index contributed by atoms with van der Waals surface area (Å²) in [6, 6.07) is 5.00. The Bertz CT molecular complexity index is 610. The van der Waals surface area contributed by atoms with Gasteiger partial charge in [0.1, 0.15) is 0 Å². The fourth-order valence-electron chi connectivity index (χ4n) is 2.25. The van der Waals surface area contributed by atoms with Crippen molar-refractivity contribution in [3.05, 3.63) is 34.4 Å². The lowest BCUT2D eigenvalue weighted by Gasteiger charge is -2.34. The molecule has 0 saturated heterocycles. The van der Waals surface area contributed by atoms with Crippen LogP contribution in [0.2, 0.25) is 0 Å². The molecule has 0 radical (unpaired) electrons. The van der Waals surface area contributed by atoms with Gasteiger partial charge in [0.2, 0.25) is 10.0 Å². The molecule has 0 bridgehead atoms. The fraction of sp³-hybridized carbons (Fsp3) is 0.500. The van der Waals surface area contributed by atoms with Gasteiger partial charge < -0.3 is 5.11 Å². The number of nitro benzene ring substituents is 1. The molecule has 0 aliphatic heterocycles. The lowest BCUT2D eigenvalue weighted by atomic mass is 9.82. The topological polar surface area (TPSA) is 101 Å². The number of hydrogen-bond donors (Lipinski definition) is 1. The number of rotatable bonds is 5. The van der Waals surface area contributed by atoms with Gasteiger partial charge in [0.15, 0.2) is 0 Å². The largest absolute Gasteiger partial charge is 0.393 e. The molecule has 0 spiro atoms. The van der Waals surface area contributed by atoms with Gasteiger partial charge in [-0.15, -0.1) is 0 Å². The molecular formula is C12H16N2O5S. The van der Waals surface area contributed by atoms with E-state index in [2.05, 4.69) is 0 Å². The Morgan fingerprint density at radius 1 is 1.45 bits per heavy atom. The van der Waals surface area contributed by atoms with E-state index < -0.39 is 14.9 Å². The molecular weight excluding hydrogens is 284 g/mol. The number of nitro groups is 1. The minimum absolute atomic E-state index is 0.0888. The number of aliphatic hydroxyl groups is 1. The second-order valence-electron chi connectivity index (χ2n) is 5.03. The fourth-order valence-corrected chi connectivity index (χ4v) is 3.54. The van der Waals surface area contributed by atoms with Gasteiger partial charge >= 0.3 is 0 Å². The highest BCUT2D eigenvalue weighted by molar-refractivity contribution is 7.89. The van der Waals surface area contributed by atoms with Gasteiger partial charge in [0.05, 0.1) is 15.9 Å². The third kappa shape index (κ3) is 2.97. The van der Waals surface area contributed by atoms with Crippen molar-refractivity contribution >= 4 is 15.7 Å². The monoisotopic (exact) mass is 300 g/mol. The number of benzene rings is 1. The van der Waals surface area contributed by atoms with Crippen LogP contribution in [-0.4, -0.2) is 42.4 Å². The van der Waals surface area contributed by atoms with Crippen LogP contribution in [0, 0.1) is 16.0 Å². The predicted octanol–water partition coefficient (Wildman–Crippen LogP) is 0.986. The van der Waals surface area contributed by atoms with Crippen LogP contribution in [0.15, 0.2) is 29.2 Å². The molecule has 1 saturated carbocycles. The van der Waals surface area contributed by atoms with Gasteiger partial charge in [0.25, 0.3) is 5.69 Å². The number of aliphatic hydroxyl groups excluding tert-OH is 1. The van der Waals surface area contributed by atoms with Crippen LogP contribution in [0.1, 0.15) is 12.8 Å². The first kappa shape index (κ1) is 14.9. The zero-order valence-electron chi connectivity index (χ0n) is 11.0. The molecule has 0 amide bonds. The van der Waals surface area contributed by atoms with Gasteiger partial charge in [-0.1, -0.05) is 6.07 Å². The lowest BCUT2D eigenvalue weighted by Crippen LogP contribution is -2.39. The Balaban J connectivity index is 2.16. The molecule has 110 valence electrons. The molecule has 1 aromatic rings. The molecule has 1 aliphatic rings. The molecule has 1 fully saturated rings. The molecule has 7 nitrogen and oxygen atoms in total. The van der Waals surface area contributed by atoms with Crippen molar-refractivity contribution in [1.82, 2.24) is 4.31 Å². The molecule has 0 unspecified atom stereocenters. The smallest absolute Gasteiger partial charge is 0.270 e. The maximum absolute atomic E-state index is 12.3. The highest BCUT2D eigenvalue weighted by Crippen LogP contribution is 2.29. The summed E-state index contributed by atoms with van der Waals surface area (Å²) in [5.74, 6) is 0.142. The van der Waals surface area contributed by atoms with E-state index in [0.717, 1.165) is 6.07 Å². The Morgan fingerprint density at radius 2 is 2.10 bits per heavy atom. The summed E-state index contributed by atoms with van der Waals surface area (Å²) in [5, 5.41) is 19.9. The van der Waals surface area contributed by atoms with Gasteiger partial charge in [0, 0.05) is 25.7 Å². The van der Waals surface area contributed by atoms with E-state index in [4.69, 9.17) is 0 Å². The van der Waals surface area contributed by atoms with Crippen molar-refractivity contribution < 1.29 is 18.4 Å². The standard InChI is InChI=1S/C12H16N2O5S/c1-13(8-9-5-11(15)6-9)20(18,19)12-4-2-3-10(7-12)14(16)17/h2-4,7,9,11,15H,5-6,8H2,1H3. The molecule has 0 aromatic heterocycles.